The quantitative estimate of drug-likeness (QED) is 0.788. The van der Waals surface area contributed by atoms with Crippen molar-refractivity contribution in [3.63, 3.8) is 0 Å². The van der Waals surface area contributed by atoms with Crippen molar-refractivity contribution in [2.45, 2.75) is 34.1 Å². The molecule has 1 aromatic rings. The molecule has 0 aromatic heterocycles. The number of halogens is 1. The van der Waals surface area contributed by atoms with Gasteiger partial charge in [0.25, 0.3) is 0 Å². The van der Waals surface area contributed by atoms with E-state index >= 15 is 0 Å². The molecule has 5 nitrogen and oxygen atoms in total. The monoisotopic (exact) mass is 361 g/mol. The summed E-state index contributed by atoms with van der Waals surface area (Å²) in [5, 5.41) is 3.05. The van der Waals surface area contributed by atoms with Crippen LogP contribution in [0.1, 0.15) is 33.3 Å². The van der Waals surface area contributed by atoms with Crippen molar-refractivity contribution in [1.29, 1.82) is 0 Å². The van der Waals surface area contributed by atoms with E-state index in [2.05, 4.69) is 5.32 Å². The van der Waals surface area contributed by atoms with Crippen LogP contribution >= 0.6 is 0 Å². The van der Waals surface area contributed by atoms with Crippen LogP contribution in [-0.4, -0.2) is 25.2 Å². The lowest BCUT2D eigenvalue weighted by molar-refractivity contribution is -0.140. The van der Waals surface area contributed by atoms with E-state index in [0.717, 1.165) is 0 Å². The molecule has 0 aliphatic carbocycles. The lowest BCUT2D eigenvalue weighted by Crippen LogP contribution is -2.34. The van der Waals surface area contributed by atoms with Crippen molar-refractivity contribution in [2.24, 2.45) is 5.92 Å². The highest BCUT2D eigenvalue weighted by Gasteiger charge is 2.37. The molecule has 140 valence electrons. The average Bonchev–Trinajstić information content (AvgIpc) is 2.57. The van der Waals surface area contributed by atoms with Crippen LogP contribution in [0.3, 0.4) is 0 Å². The molecule has 1 aliphatic rings. The molecule has 0 bridgehead atoms. The van der Waals surface area contributed by atoms with Crippen LogP contribution in [-0.2, 0) is 25.5 Å². The fraction of sp³-hybridized carbons (Fsp3) is 0.400. The number of carbonyl (C=O) groups is 2. The zero-order valence-electron chi connectivity index (χ0n) is 15.5. The molecule has 0 saturated heterocycles. The van der Waals surface area contributed by atoms with Crippen molar-refractivity contribution in [3.8, 4) is 0 Å². The molecule has 0 unspecified atom stereocenters. The third kappa shape index (κ3) is 4.12. The Kier molecular flexibility index (Phi) is 6.55. The third-order valence-corrected chi connectivity index (χ3v) is 4.25. The van der Waals surface area contributed by atoms with Crippen LogP contribution in [0.5, 0.6) is 0 Å². The van der Waals surface area contributed by atoms with Gasteiger partial charge in [-0.05, 0) is 45.7 Å². The number of carbonyl (C=O) groups excluding carboxylic acids is 2. The lowest BCUT2D eigenvalue weighted by Gasteiger charge is -2.30. The minimum atomic E-state index is -0.647. The number of rotatable bonds is 6. The number of allylic oxidation sites excluding steroid dienone is 2. The summed E-state index contributed by atoms with van der Waals surface area (Å²) in [6.07, 6.45) is 0.158. The molecule has 1 N–H and O–H groups in total. The van der Waals surface area contributed by atoms with E-state index in [1.165, 1.54) is 6.07 Å². The number of nitrogens with one attached hydrogen (secondary N) is 1. The second-order valence-electron chi connectivity index (χ2n) is 5.99. The van der Waals surface area contributed by atoms with Gasteiger partial charge in [-0.3, -0.25) is 0 Å². The van der Waals surface area contributed by atoms with Crippen molar-refractivity contribution in [1.82, 2.24) is 5.32 Å². The number of hydrogen-bond acceptors (Lipinski definition) is 5. The number of ether oxygens (including phenoxy) is 2. The summed E-state index contributed by atoms with van der Waals surface area (Å²) >= 11 is 0. The molecule has 0 radical (unpaired) electrons. The number of esters is 2. The topological polar surface area (TPSA) is 64.6 Å². The molecule has 1 heterocycles. The van der Waals surface area contributed by atoms with E-state index < -0.39 is 17.9 Å². The molecule has 1 aromatic carbocycles. The average molecular weight is 361 g/mol. The highest BCUT2D eigenvalue weighted by atomic mass is 19.1. The van der Waals surface area contributed by atoms with E-state index in [4.69, 9.17) is 9.47 Å². The Morgan fingerprint density at radius 1 is 1.00 bits per heavy atom. The summed E-state index contributed by atoms with van der Waals surface area (Å²) in [7, 11) is 0. The summed E-state index contributed by atoms with van der Waals surface area (Å²) in [6.45, 7) is 7.32. The summed E-state index contributed by atoms with van der Waals surface area (Å²) in [6, 6.07) is 6.33. The van der Waals surface area contributed by atoms with Crippen molar-refractivity contribution in [2.75, 3.05) is 13.2 Å². The molecule has 0 amide bonds. The third-order valence-electron chi connectivity index (χ3n) is 4.25. The summed E-state index contributed by atoms with van der Waals surface area (Å²) < 4.78 is 24.5. The fourth-order valence-corrected chi connectivity index (χ4v) is 3.18. The summed E-state index contributed by atoms with van der Waals surface area (Å²) in [5.74, 6) is -2.07. The molecule has 0 fully saturated rings. The van der Waals surface area contributed by atoms with E-state index in [-0.39, 0.29) is 25.5 Å². The maximum Gasteiger partial charge on any atom is 0.336 e. The Bertz CT molecular complexity index is 727. The first-order valence-corrected chi connectivity index (χ1v) is 8.66. The zero-order chi connectivity index (χ0) is 19.3. The Balaban J connectivity index is 2.52. The largest absolute Gasteiger partial charge is 0.463 e. The Morgan fingerprint density at radius 3 is 1.96 bits per heavy atom. The zero-order valence-corrected chi connectivity index (χ0v) is 15.5. The number of benzene rings is 1. The van der Waals surface area contributed by atoms with E-state index in [9.17, 15) is 14.0 Å². The predicted octanol–water partition coefficient (Wildman–Crippen LogP) is 3.26. The number of hydrogen-bond donors (Lipinski definition) is 1. The van der Waals surface area contributed by atoms with Gasteiger partial charge in [0.15, 0.2) is 0 Å². The fourth-order valence-electron chi connectivity index (χ4n) is 3.18. The highest BCUT2D eigenvalue weighted by Crippen LogP contribution is 2.34. The van der Waals surface area contributed by atoms with Gasteiger partial charge in [0.1, 0.15) is 5.82 Å². The van der Waals surface area contributed by atoms with E-state index in [1.54, 1.807) is 45.9 Å². The lowest BCUT2D eigenvalue weighted by atomic mass is 9.81. The Hall–Kier alpha value is -2.63. The van der Waals surface area contributed by atoms with Crippen molar-refractivity contribution in [3.05, 3.63) is 58.2 Å². The molecule has 0 saturated carbocycles. The molecule has 6 heteroatoms. The maximum absolute atomic E-state index is 14.2. The highest BCUT2D eigenvalue weighted by molar-refractivity contribution is 5.97. The van der Waals surface area contributed by atoms with Crippen molar-refractivity contribution >= 4 is 11.9 Å². The second kappa shape index (κ2) is 8.65. The van der Waals surface area contributed by atoms with Crippen LogP contribution in [0.15, 0.2) is 46.8 Å². The summed E-state index contributed by atoms with van der Waals surface area (Å²) in [4.78, 5) is 25.1. The van der Waals surface area contributed by atoms with Gasteiger partial charge in [0, 0.05) is 17.3 Å². The van der Waals surface area contributed by atoms with Crippen molar-refractivity contribution < 1.29 is 23.5 Å². The van der Waals surface area contributed by atoms with Gasteiger partial charge in [-0.2, -0.15) is 0 Å². The molecular formula is C20H24FNO4. The van der Waals surface area contributed by atoms with E-state index in [1.807, 2.05) is 0 Å². The van der Waals surface area contributed by atoms with Gasteiger partial charge in [-0.15, -0.1) is 0 Å². The Labute approximate surface area is 152 Å². The van der Waals surface area contributed by atoms with Crippen LogP contribution in [0.2, 0.25) is 0 Å². The minimum Gasteiger partial charge on any atom is -0.463 e. The number of dihydropyridines is 1. The van der Waals surface area contributed by atoms with Gasteiger partial charge in [0.05, 0.1) is 24.4 Å². The molecular weight excluding hydrogens is 337 g/mol. The SMILES string of the molecule is CCOC(=O)C1=C(C)NC(C)=C(C(=O)OCC)C1Cc1ccccc1F. The van der Waals surface area contributed by atoms with Crippen LogP contribution in [0.25, 0.3) is 0 Å². The molecule has 2 rings (SSSR count). The second-order valence-corrected chi connectivity index (χ2v) is 5.99. The van der Waals surface area contributed by atoms with Gasteiger partial charge in [-0.1, -0.05) is 18.2 Å². The first-order chi connectivity index (χ1) is 12.4. The maximum atomic E-state index is 14.2. The van der Waals surface area contributed by atoms with Crippen LogP contribution in [0.4, 0.5) is 4.39 Å². The Morgan fingerprint density at radius 2 is 1.50 bits per heavy atom. The standard InChI is InChI=1S/C20H24FNO4/c1-5-25-19(23)17-12(3)22-13(4)18(20(24)26-6-2)15(17)11-14-9-7-8-10-16(14)21/h7-10,15,22H,5-6,11H2,1-4H3. The molecule has 0 atom stereocenters. The van der Waals surface area contributed by atoms with Gasteiger partial charge in [0.2, 0.25) is 0 Å². The van der Waals surface area contributed by atoms with Crippen LogP contribution in [0, 0.1) is 11.7 Å². The van der Waals surface area contributed by atoms with Gasteiger partial charge >= 0.3 is 11.9 Å². The summed E-state index contributed by atoms with van der Waals surface area (Å²) in [5.41, 5.74) is 2.25. The van der Waals surface area contributed by atoms with Gasteiger partial charge in [-0.25, -0.2) is 14.0 Å². The first kappa shape index (κ1) is 19.7. The molecule has 0 spiro atoms. The normalized spacial score (nSPS) is 15.0. The van der Waals surface area contributed by atoms with Crippen LogP contribution < -0.4 is 5.32 Å². The van der Waals surface area contributed by atoms with E-state index in [0.29, 0.717) is 28.1 Å². The minimum absolute atomic E-state index is 0.158. The first-order valence-electron chi connectivity index (χ1n) is 8.66. The van der Waals surface area contributed by atoms with Gasteiger partial charge < -0.3 is 14.8 Å². The smallest absolute Gasteiger partial charge is 0.336 e. The predicted molar refractivity (Wildman–Crippen MR) is 95.4 cm³/mol. The molecule has 1 aliphatic heterocycles. The molecule has 26 heavy (non-hydrogen) atoms.